The molecule has 0 atom stereocenters. The van der Waals surface area contributed by atoms with E-state index in [-0.39, 0.29) is 11.4 Å². The van der Waals surface area contributed by atoms with E-state index in [0.717, 1.165) is 37.7 Å². The summed E-state index contributed by atoms with van der Waals surface area (Å²) in [5, 5.41) is 3.06. The molecule has 0 spiro atoms. The molecule has 0 aliphatic carbocycles. The second kappa shape index (κ2) is 9.66. The number of hydrogen-bond donors (Lipinski definition) is 2. The number of benzene rings is 1. The summed E-state index contributed by atoms with van der Waals surface area (Å²) in [5.41, 5.74) is 6.45. The molecular weight excluding hydrogens is 362 g/mol. The largest absolute Gasteiger partial charge is 0.349 e. The van der Waals surface area contributed by atoms with E-state index in [1.54, 1.807) is 28.6 Å². The zero-order chi connectivity index (χ0) is 19.9. The summed E-state index contributed by atoms with van der Waals surface area (Å²) < 4.78 is 26.9. The van der Waals surface area contributed by atoms with E-state index in [1.165, 1.54) is 0 Å². The maximum absolute atomic E-state index is 12.7. The predicted molar refractivity (Wildman–Crippen MR) is 108 cm³/mol. The van der Waals surface area contributed by atoms with E-state index >= 15 is 0 Å². The number of nitrogens with one attached hydrogen (secondary N) is 1. The summed E-state index contributed by atoms with van der Waals surface area (Å²) in [7, 11) is -3.40. The first-order valence-corrected chi connectivity index (χ1v) is 11.4. The number of amides is 1. The smallest absolute Gasteiger partial charge is 0.243 e. The molecule has 0 bridgehead atoms. The molecule has 27 heavy (non-hydrogen) atoms. The second-order valence-electron chi connectivity index (χ2n) is 7.35. The predicted octanol–water partition coefficient (Wildman–Crippen LogP) is 2.43. The van der Waals surface area contributed by atoms with E-state index in [2.05, 4.69) is 5.32 Å². The van der Waals surface area contributed by atoms with E-state index in [9.17, 15) is 13.2 Å². The van der Waals surface area contributed by atoms with Crippen LogP contribution in [0.25, 0.3) is 0 Å². The minimum Gasteiger partial charge on any atom is -0.349 e. The lowest BCUT2D eigenvalue weighted by molar-refractivity contribution is -0.123. The summed E-state index contributed by atoms with van der Waals surface area (Å²) in [6, 6.07) is 6.92. The molecule has 1 aromatic rings. The van der Waals surface area contributed by atoms with Gasteiger partial charge < -0.3 is 11.1 Å². The summed E-state index contributed by atoms with van der Waals surface area (Å²) in [6.45, 7) is 5.68. The van der Waals surface area contributed by atoms with E-state index in [1.807, 2.05) is 13.8 Å². The highest BCUT2D eigenvalue weighted by molar-refractivity contribution is 7.89. The Kier molecular flexibility index (Phi) is 7.82. The van der Waals surface area contributed by atoms with Crippen LogP contribution in [-0.2, 0) is 21.2 Å². The molecule has 0 aromatic heterocycles. The topological polar surface area (TPSA) is 92.5 Å². The van der Waals surface area contributed by atoms with Gasteiger partial charge in [0.05, 0.1) is 10.4 Å². The number of nitrogens with two attached hydrogens (primary N) is 1. The number of piperidine rings is 1. The number of sulfonamides is 1. The van der Waals surface area contributed by atoms with Gasteiger partial charge in [0.2, 0.25) is 15.9 Å². The first-order valence-electron chi connectivity index (χ1n) is 9.97. The molecule has 6 nitrogen and oxygen atoms in total. The minimum atomic E-state index is -3.40. The molecule has 3 N–H and O–H groups in total. The summed E-state index contributed by atoms with van der Waals surface area (Å²) in [5.74, 6) is -0.0193. The Morgan fingerprint density at radius 3 is 2.22 bits per heavy atom. The Balaban J connectivity index is 1.94. The van der Waals surface area contributed by atoms with Crippen LogP contribution < -0.4 is 11.1 Å². The van der Waals surface area contributed by atoms with Crippen molar-refractivity contribution in [1.82, 2.24) is 9.62 Å². The number of aryl methyl sites for hydroxylation is 1. The molecule has 1 aromatic carbocycles. The van der Waals surface area contributed by atoms with Crippen molar-refractivity contribution in [2.24, 2.45) is 5.73 Å². The summed E-state index contributed by atoms with van der Waals surface area (Å²) >= 11 is 0. The van der Waals surface area contributed by atoms with Gasteiger partial charge in [-0.05, 0) is 49.8 Å². The highest BCUT2D eigenvalue weighted by Gasteiger charge is 2.27. The molecule has 1 amide bonds. The van der Waals surface area contributed by atoms with Crippen molar-refractivity contribution in [3.63, 3.8) is 0 Å². The van der Waals surface area contributed by atoms with Gasteiger partial charge in [-0.2, -0.15) is 4.31 Å². The zero-order valence-corrected chi connectivity index (χ0v) is 17.4. The fourth-order valence-corrected chi connectivity index (χ4v) is 4.98. The van der Waals surface area contributed by atoms with Crippen molar-refractivity contribution in [2.75, 3.05) is 19.6 Å². The third-order valence-electron chi connectivity index (χ3n) is 5.67. The van der Waals surface area contributed by atoms with Crippen molar-refractivity contribution < 1.29 is 13.2 Å². The van der Waals surface area contributed by atoms with Crippen molar-refractivity contribution in [2.45, 2.75) is 69.2 Å². The normalized spacial score (nSPS) is 16.3. The zero-order valence-electron chi connectivity index (χ0n) is 16.5. The minimum absolute atomic E-state index is 0.0193. The van der Waals surface area contributed by atoms with Crippen molar-refractivity contribution >= 4 is 15.9 Å². The van der Waals surface area contributed by atoms with E-state index < -0.39 is 10.0 Å². The molecule has 1 heterocycles. The fourth-order valence-electron chi connectivity index (χ4n) is 3.47. The van der Waals surface area contributed by atoms with Crippen LogP contribution in [0.15, 0.2) is 29.2 Å². The van der Waals surface area contributed by atoms with Crippen LogP contribution in [0, 0.1) is 0 Å². The monoisotopic (exact) mass is 395 g/mol. The lowest BCUT2D eigenvalue weighted by Gasteiger charge is -2.31. The molecule has 7 heteroatoms. The highest BCUT2D eigenvalue weighted by Crippen LogP contribution is 2.21. The molecule has 1 fully saturated rings. The van der Waals surface area contributed by atoms with Crippen LogP contribution in [0.3, 0.4) is 0 Å². The first-order chi connectivity index (χ1) is 12.9. The lowest BCUT2D eigenvalue weighted by Crippen LogP contribution is -2.52. The van der Waals surface area contributed by atoms with Gasteiger partial charge in [-0.25, -0.2) is 8.42 Å². The van der Waals surface area contributed by atoms with Gasteiger partial charge in [-0.3, -0.25) is 4.79 Å². The van der Waals surface area contributed by atoms with Crippen LogP contribution in [0.1, 0.15) is 57.9 Å². The summed E-state index contributed by atoms with van der Waals surface area (Å²) in [4.78, 5) is 12.6. The van der Waals surface area contributed by atoms with Crippen molar-refractivity contribution in [3.05, 3.63) is 29.8 Å². The maximum Gasteiger partial charge on any atom is 0.243 e. The number of nitrogens with zero attached hydrogens (tertiary/aromatic N) is 1. The Bertz CT molecular complexity index is 698. The van der Waals surface area contributed by atoms with Gasteiger partial charge in [0.15, 0.2) is 0 Å². The molecule has 0 saturated carbocycles. The average molecular weight is 396 g/mol. The van der Waals surface area contributed by atoms with Gasteiger partial charge in [0.1, 0.15) is 0 Å². The van der Waals surface area contributed by atoms with Crippen LogP contribution in [0.5, 0.6) is 0 Å². The Hall–Kier alpha value is -1.44. The van der Waals surface area contributed by atoms with Crippen LogP contribution in [-0.4, -0.2) is 43.8 Å². The second-order valence-corrected chi connectivity index (χ2v) is 9.29. The fraction of sp³-hybridized carbons (Fsp3) is 0.650. The van der Waals surface area contributed by atoms with Crippen molar-refractivity contribution in [1.29, 1.82) is 0 Å². The Labute approximate surface area is 163 Å². The summed E-state index contributed by atoms with van der Waals surface area (Å²) in [6.07, 6.45) is 5.47. The molecule has 1 saturated heterocycles. The van der Waals surface area contributed by atoms with Gasteiger partial charge in [0, 0.05) is 26.1 Å². The average Bonchev–Trinajstić information content (AvgIpc) is 2.71. The SMILES string of the molecule is CCC(CC)(CN)NC(=O)CCc1ccc(S(=O)(=O)N2CCCCC2)cc1. The Morgan fingerprint density at radius 1 is 1.11 bits per heavy atom. The van der Waals surface area contributed by atoms with Gasteiger partial charge in [-0.1, -0.05) is 32.4 Å². The number of rotatable bonds is 9. The molecular formula is C20H33N3O3S. The molecule has 0 unspecified atom stereocenters. The molecule has 2 rings (SSSR count). The number of carbonyl (C=O) groups is 1. The highest BCUT2D eigenvalue weighted by atomic mass is 32.2. The molecule has 1 aliphatic rings. The third kappa shape index (κ3) is 5.53. The lowest BCUT2D eigenvalue weighted by atomic mass is 9.92. The molecule has 0 radical (unpaired) electrons. The van der Waals surface area contributed by atoms with Crippen LogP contribution in [0.4, 0.5) is 0 Å². The van der Waals surface area contributed by atoms with Gasteiger partial charge >= 0.3 is 0 Å². The third-order valence-corrected chi connectivity index (χ3v) is 7.58. The molecule has 152 valence electrons. The molecule has 1 aliphatic heterocycles. The van der Waals surface area contributed by atoms with Gasteiger partial charge in [-0.15, -0.1) is 0 Å². The van der Waals surface area contributed by atoms with Crippen molar-refractivity contribution in [3.8, 4) is 0 Å². The number of carbonyl (C=O) groups excluding carboxylic acids is 1. The van der Waals surface area contributed by atoms with Gasteiger partial charge in [0.25, 0.3) is 0 Å². The van der Waals surface area contributed by atoms with Crippen LogP contribution in [0.2, 0.25) is 0 Å². The maximum atomic E-state index is 12.7. The first kappa shape index (κ1) is 21.9. The Morgan fingerprint density at radius 2 is 1.70 bits per heavy atom. The standard InChI is InChI=1S/C20H33N3O3S/c1-3-20(4-2,16-21)22-19(24)13-10-17-8-11-18(12-9-17)27(25,26)23-14-6-5-7-15-23/h8-9,11-12H,3-7,10,13-16,21H2,1-2H3,(H,22,24). The van der Waals surface area contributed by atoms with E-state index in [4.69, 9.17) is 5.73 Å². The quantitative estimate of drug-likeness (QED) is 0.672. The number of hydrogen-bond acceptors (Lipinski definition) is 4. The van der Waals surface area contributed by atoms with E-state index in [0.29, 0.717) is 37.4 Å². The van der Waals surface area contributed by atoms with Crippen LogP contribution >= 0.6 is 0 Å².